The van der Waals surface area contributed by atoms with Crippen LogP contribution in [-0.2, 0) is 27.5 Å². The van der Waals surface area contributed by atoms with Crippen LogP contribution in [0, 0.1) is 0 Å². The summed E-state index contributed by atoms with van der Waals surface area (Å²) in [4.78, 5) is 61.4. The van der Waals surface area contributed by atoms with Crippen LogP contribution < -0.4 is 16.3 Å². The van der Waals surface area contributed by atoms with Gasteiger partial charge in [0.15, 0.2) is 17.7 Å². The average molecular weight is 637 g/mol. The predicted molar refractivity (Wildman–Crippen MR) is 133 cm³/mol. The Morgan fingerprint density at radius 1 is 1.18 bits per heavy atom. The van der Waals surface area contributed by atoms with Crippen molar-refractivity contribution in [1.82, 2.24) is 24.4 Å². The number of aliphatic hydroxyl groups is 2. The first kappa shape index (κ1) is 32.0. The minimum Gasteiger partial charge on any atom is -0.480 e. The third-order valence-electron chi connectivity index (χ3n) is 5.29. The molecular weight excluding hydrogens is 611 g/mol. The number of ether oxygens (including phenoxy) is 1. The molecule has 3 heterocycles. The molecule has 0 amide bonds. The molecule has 0 radical (unpaired) electrons. The number of nitrogens with zero attached hydrogens (tertiary/aromatic N) is 4. The van der Waals surface area contributed by atoms with E-state index in [9.17, 15) is 38.5 Å². The molecule has 0 spiro atoms. The Morgan fingerprint density at radius 2 is 1.85 bits per heavy atom. The first-order chi connectivity index (χ1) is 17.9. The molecule has 2 aromatic rings. The molecule has 4 unspecified atom stereocenters. The van der Waals surface area contributed by atoms with Crippen LogP contribution in [0.1, 0.15) is 12.6 Å². The molecule has 1 saturated heterocycles. The lowest BCUT2D eigenvalue weighted by Gasteiger charge is -2.27. The summed E-state index contributed by atoms with van der Waals surface area (Å²) in [6.45, 7) is 0. The van der Waals surface area contributed by atoms with Gasteiger partial charge in [0.25, 0.3) is 0 Å². The maximum Gasteiger partial charge on any atom is 0.419 e. The van der Waals surface area contributed by atoms with E-state index >= 15 is 0 Å². The number of aromatic nitrogens is 4. The van der Waals surface area contributed by atoms with Gasteiger partial charge in [-0.05, 0) is 12.2 Å². The van der Waals surface area contributed by atoms with Gasteiger partial charge in [-0.3, -0.25) is 13.9 Å². The highest BCUT2D eigenvalue weighted by molar-refractivity contribution is 8.00. The summed E-state index contributed by atoms with van der Waals surface area (Å²) in [5.74, 6) is -1.39. The van der Waals surface area contributed by atoms with Crippen LogP contribution in [0.3, 0.4) is 0 Å². The number of aliphatic carboxylic acids is 1. The molecule has 24 heteroatoms. The van der Waals surface area contributed by atoms with Crippen molar-refractivity contribution in [2.45, 2.75) is 42.3 Å². The summed E-state index contributed by atoms with van der Waals surface area (Å²) < 4.78 is 46.9. The molecule has 0 aliphatic carbocycles. The number of nitrogen functional groups attached to an aromatic ring is 1. The van der Waals surface area contributed by atoms with E-state index in [0.717, 1.165) is 22.9 Å². The second-order valence-corrected chi connectivity index (χ2v) is 14.8. The van der Waals surface area contributed by atoms with Gasteiger partial charge in [0.2, 0.25) is 0 Å². The number of imidazole rings is 1. The SMILES string of the molecule is Nc1ncnc2c1ncn2[C@@H]1O[C@H](C(CP(=O)(O)OP(=O)(O)NP(=O)(O)O)SCCC(N)C(=O)O)[C@@H](O)[C@H]1O. The number of carbonyl (C=O) groups is 1. The topological polar surface area (TPSA) is 336 Å². The van der Waals surface area contributed by atoms with Gasteiger partial charge < -0.3 is 51.1 Å². The number of rotatable bonds is 13. The second-order valence-electron chi connectivity index (χ2n) is 8.26. The lowest BCUT2D eigenvalue weighted by atomic mass is 10.1. The molecule has 8 atom stereocenters. The Labute approximate surface area is 223 Å². The Morgan fingerprint density at radius 3 is 2.46 bits per heavy atom. The molecule has 2 aromatic heterocycles. The highest BCUT2D eigenvalue weighted by atomic mass is 32.2. The Kier molecular flexibility index (Phi) is 9.95. The maximum absolute atomic E-state index is 12.7. The lowest BCUT2D eigenvalue weighted by Crippen LogP contribution is -2.39. The smallest absolute Gasteiger partial charge is 0.419 e. The Balaban J connectivity index is 1.86. The average Bonchev–Trinajstić information content (AvgIpc) is 3.32. The van der Waals surface area contributed by atoms with Crippen molar-refractivity contribution >= 4 is 57.8 Å². The van der Waals surface area contributed by atoms with Crippen molar-refractivity contribution < 1.29 is 62.4 Å². The largest absolute Gasteiger partial charge is 0.480 e. The number of nitrogens with one attached hydrogen (secondary N) is 1. The number of carboxylic acids is 1. The van der Waals surface area contributed by atoms with E-state index in [-0.39, 0.29) is 29.2 Å². The molecule has 0 bridgehead atoms. The third kappa shape index (κ3) is 8.25. The maximum atomic E-state index is 12.7. The van der Waals surface area contributed by atoms with E-state index < -0.39 is 71.1 Å². The minimum absolute atomic E-state index is 0.0160. The summed E-state index contributed by atoms with van der Waals surface area (Å²) in [7, 11) is -16.1. The fraction of sp³-hybridized carbons (Fsp3) is 0.600. The molecule has 39 heavy (non-hydrogen) atoms. The van der Waals surface area contributed by atoms with Gasteiger partial charge in [-0.2, -0.15) is 11.8 Å². The molecule has 0 aromatic carbocycles. The number of carboxylic acid groups (broad SMARTS) is 1. The predicted octanol–water partition coefficient (Wildman–Crippen LogP) is -2.08. The van der Waals surface area contributed by atoms with Crippen LogP contribution in [0.25, 0.3) is 11.2 Å². The lowest BCUT2D eigenvalue weighted by molar-refractivity contribution is -0.138. The quantitative estimate of drug-likeness (QED) is 0.105. The first-order valence-corrected chi connectivity index (χ1v) is 16.7. The standard InChI is InChI=1S/C15H26N7O13P3S/c16-6(15(25)26)1-2-39-7(3-36(27,28)35-38(32,33)21-37(29,30)31)11-9(23)10(24)14(34-11)22-5-20-8-12(17)18-4-19-13(8)22/h4-7,9-11,14,23-24H,1-3,16H2,(H,25,26)(H,27,28)(H2,17,18,19)(H4,21,29,30,31,32,33)/t6?,7?,9-,10+,11+,14+/m0/s1. The van der Waals surface area contributed by atoms with Crippen molar-refractivity contribution in [1.29, 1.82) is 0 Å². The molecule has 20 nitrogen and oxygen atoms in total. The fourth-order valence-corrected chi connectivity index (χ4v) is 9.82. The van der Waals surface area contributed by atoms with Crippen molar-refractivity contribution in [3.8, 4) is 0 Å². The van der Waals surface area contributed by atoms with Crippen LogP contribution >= 0.6 is 34.9 Å². The highest BCUT2D eigenvalue weighted by Crippen LogP contribution is 2.61. The molecule has 12 N–H and O–H groups in total. The van der Waals surface area contributed by atoms with Crippen LogP contribution in [0.4, 0.5) is 5.82 Å². The van der Waals surface area contributed by atoms with Crippen molar-refractivity contribution in [3.05, 3.63) is 12.7 Å². The monoisotopic (exact) mass is 637 g/mol. The van der Waals surface area contributed by atoms with Gasteiger partial charge in [0.05, 0.1) is 12.5 Å². The van der Waals surface area contributed by atoms with Crippen LogP contribution in [0.5, 0.6) is 0 Å². The van der Waals surface area contributed by atoms with E-state index in [0.29, 0.717) is 0 Å². The number of thioether (sulfide) groups is 1. The molecule has 220 valence electrons. The van der Waals surface area contributed by atoms with Crippen molar-refractivity contribution in [2.24, 2.45) is 5.73 Å². The molecule has 1 aliphatic heterocycles. The zero-order valence-corrected chi connectivity index (χ0v) is 23.0. The molecule has 1 aliphatic rings. The second kappa shape index (κ2) is 12.1. The fourth-order valence-electron chi connectivity index (χ4n) is 3.62. The van der Waals surface area contributed by atoms with E-state index in [2.05, 4.69) is 19.3 Å². The van der Waals surface area contributed by atoms with Crippen molar-refractivity contribution in [3.63, 3.8) is 0 Å². The highest BCUT2D eigenvalue weighted by Gasteiger charge is 2.50. The summed E-state index contributed by atoms with van der Waals surface area (Å²) in [6.07, 6.45) is -5.09. The number of hydrogen-bond donors (Lipinski definition) is 10. The third-order valence-corrected chi connectivity index (χ3v) is 11.7. The molecular formula is C15H26N7O13P3S. The van der Waals surface area contributed by atoms with Gasteiger partial charge in [-0.25, -0.2) is 28.4 Å². The van der Waals surface area contributed by atoms with E-state index in [1.165, 1.54) is 10.9 Å². The van der Waals surface area contributed by atoms with Crippen LogP contribution in [0.15, 0.2) is 12.7 Å². The van der Waals surface area contributed by atoms with Gasteiger partial charge in [0, 0.05) is 5.25 Å². The van der Waals surface area contributed by atoms with Gasteiger partial charge in [-0.1, -0.05) is 0 Å². The number of hydrogen-bond acceptors (Lipinski definition) is 14. The molecule has 3 rings (SSSR count). The Bertz CT molecular complexity index is 1340. The summed E-state index contributed by atoms with van der Waals surface area (Å²) in [5.41, 5.74) is 11.5. The Hall–Kier alpha value is -1.54. The minimum atomic E-state index is -5.51. The number of nitrogens with two attached hydrogens (primary N) is 2. The zero-order valence-electron chi connectivity index (χ0n) is 19.5. The van der Waals surface area contributed by atoms with Gasteiger partial charge in [-0.15, -0.1) is 4.86 Å². The number of fused-ring (bicyclic) bond motifs is 1. The van der Waals surface area contributed by atoms with Gasteiger partial charge >= 0.3 is 29.1 Å². The van der Waals surface area contributed by atoms with Crippen molar-refractivity contribution in [2.75, 3.05) is 17.6 Å². The zero-order chi connectivity index (χ0) is 29.3. The number of aliphatic hydroxyl groups excluding tert-OH is 2. The summed E-state index contributed by atoms with van der Waals surface area (Å²) in [5, 5.41) is 29.2. The normalized spacial score (nSPS) is 26.6. The van der Waals surface area contributed by atoms with Crippen LogP contribution in [-0.4, -0.2) is 102 Å². The molecule has 1 fully saturated rings. The van der Waals surface area contributed by atoms with Crippen LogP contribution in [0.2, 0.25) is 0 Å². The first-order valence-electron chi connectivity index (χ1n) is 10.7. The van der Waals surface area contributed by atoms with E-state index in [1.807, 2.05) is 0 Å². The summed E-state index contributed by atoms with van der Waals surface area (Å²) >= 11 is 0.774. The van der Waals surface area contributed by atoms with Gasteiger partial charge in [0.1, 0.15) is 36.2 Å². The summed E-state index contributed by atoms with van der Waals surface area (Å²) in [6, 6.07) is -1.31. The number of anilines is 1. The van der Waals surface area contributed by atoms with E-state index in [4.69, 9.17) is 31.1 Å². The molecule has 0 saturated carbocycles. The van der Waals surface area contributed by atoms with E-state index in [1.54, 1.807) is 0 Å².